The number of thiocarbonyl (C=S) groups is 1. The van der Waals surface area contributed by atoms with Gasteiger partial charge in [-0.3, -0.25) is 10.2 Å². The van der Waals surface area contributed by atoms with Crippen LogP contribution in [0.1, 0.15) is 16.4 Å². The van der Waals surface area contributed by atoms with Gasteiger partial charge in [0.05, 0.1) is 12.1 Å². The molecule has 0 amide bonds. The third kappa shape index (κ3) is 3.63. The number of rotatable bonds is 4. The number of ether oxygens (including phenoxy) is 1. The molecule has 2 heterocycles. The van der Waals surface area contributed by atoms with Gasteiger partial charge in [-0.15, -0.1) is 11.8 Å². The summed E-state index contributed by atoms with van der Waals surface area (Å²) in [7, 11) is 1.64. The van der Waals surface area contributed by atoms with Crippen molar-refractivity contribution in [2.75, 3.05) is 12.9 Å². The zero-order valence-electron chi connectivity index (χ0n) is 12.8. The highest BCUT2D eigenvalue weighted by atomic mass is 32.2. The van der Waals surface area contributed by atoms with Crippen molar-refractivity contribution >= 4 is 46.6 Å². The highest BCUT2D eigenvalue weighted by Gasteiger charge is 2.33. The summed E-state index contributed by atoms with van der Waals surface area (Å²) in [6.45, 7) is 0. The first-order valence-electron chi connectivity index (χ1n) is 7.17. The summed E-state index contributed by atoms with van der Waals surface area (Å²) >= 11 is 7.65. The number of aromatic amines is 1. The van der Waals surface area contributed by atoms with Crippen LogP contribution in [0.2, 0.25) is 0 Å². The molecule has 1 aliphatic heterocycles. The van der Waals surface area contributed by atoms with Crippen LogP contribution in [0.5, 0.6) is 5.75 Å². The van der Waals surface area contributed by atoms with Gasteiger partial charge in [0, 0.05) is 28.7 Å². The Morgan fingerprint density at radius 1 is 1.50 bits per heavy atom. The van der Waals surface area contributed by atoms with Crippen molar-refractivity contribution in [3.8, 4) is 5.75 Å². The monoisotopic (exact) mass is 380 g/mol. The van der Waals surface area contributed by atoms with Crippen LogP contribution in [0.3, 0.4) is 0 Å². The largest absolute Gasteiger partial charge is 0.497 e. The SMILES string of the molecule is COc1ccc([C@@H]2c3sc(=O)[nH]c3SC[C@@H]2/C=N\NC(N)=S)cc1. The van der Waals surface area contributed by atoms with Crippen LogP contribution in [0.4, 0.5) is 0 Å². The second-order valence-electron chi connectivity index (χ2n) is 5.19. The predicted molar refractivity (Wildman–Crippen MR) is 102 cm³/mol. The van der Waals surface area contributed by atoms with Gasteiger partial charge in [0.25, 0.3) is 0 Å². The maximum atomic E-state index is 11.8. The van der Waals surface area contributed by atoms with Crippen molar-refractivity contribution in [2.45, 2.75) is 10.9 Å². The van der Waals surface area contributed by atoms with Gasteiger partial charge in [0.15, 0.2) is 5.11 Å². The minimum atomic E-state index is -0.0372. The fourth-order valence-corrected chi connectivity index (χ4v) is 5.07. The summed E-state index contributed by atoms with van der Waals surface area (Å²) in [5, 5.41) is 5.19. The Morgan fingerprint density at radius 2 is 2.25 bits per heavy atom. The van der Waals surface area contributed by atoms with Crippen LogP contribution in [-0.2, 0) is 0 Å². The lowest BCUT2D eigenvalue weighted by Crippen LogP contribution is -2.27. The highest BCUT2D eigenvalue weighted by Crippen LogP contribution is 2.44. The summed E-state index contributed by atoms with van der Waals surface area (Å²) in [6.07, 6.45) is 1.81. The second-order valence-corrected chi connectivity index (χ2v) is 7.67. The molecule has 1 aliphatic rings. The van der Waals surface area contributed by atoms with Gasteiger partial charge in [-0.05, 0) is 29.9 Å². The Labute approximate surface area is 152 Å². The van der Waals surface area contributed by atoms with E-state index in [4.69, 9.17) is 22.7 Å². The number of nitrogens with one attached hydrogen (secondary N) is 2. The molecule has 2 aromatic rings. The molecule has 24 heavy (non-hydrogen) atoms. The Kier molecular flexibility index (Phi) is 5.22. The number of thiazole rings is 1. The summed E-state index contributed by atoms with van der Waals surface area (Å²) in [5.74, 6) is 1.77. The van der Waals surface area contributed by atoms with Crippen molar-refractivity contribution < 1.29 is 4.74 Å². The first kappa shape index (κ1) is 17.0. The highest BCUT2D eigenvalue weighted by molar-refractivity contribution is 7.99. The van der Waals surface area contributed by atoms with Crippen LogP contribution < -0.4 is 20.8 Å². The minimum Gasteiger partial charge on any atom is -0.497 e. The lowest BCUT2D eigenvalue weighted by atomic mass is 9.86. The molecule has 0 unspecified atom stereocenters. The van der Waals surface area contributed by atoms with Crippen LogP contribution in [-0.4, -0.2) is 29.2 Å². The Balaban J connectivity index is 1.97. The molecule has 0 fully saturated rings. The van der Waals surface area contributed by atoms with Crippen molar-refractivity contribution in [2.24, 2.45) is 16.8 Å². The summed E-state index contributed by atoms with van der Waals surface area (Å²) in [6, 6.07) is 7.89. The number of aromatic nitrogens is 1. The number of benzene rings is 1. The van der Waals surface area contributed by atoms with Gasteiger partial charge in [-0.2, -0.15) is 5.10 Å². The lowest BCUT2D eigenvalue weighted by Gasteiger charge is -2.28. The molecular weight excluding hydrogens is 364 g/mol. The smallest absolute Gasteiger partial charge is 0.305 e. The maximum Gasteiger partial charge on any atom is 0.305 e. The number of H-pyrrole nitrogens is 1. The van der Waals surface area contributed by atoms with Gasteiger partial charge >= 0.3 is 4.87 Å². The number of nitrogens with two attached hydrogens (primary N) is 1. The van der Waals surface area contributed by atoms with Crippen molar-refractivity contribution in [3.63, 3.8) is 0 Å². The fraction of sp³-hybridized carbons (Fsp3) is 0.267. The van der Waals surface area contributed by atoms with Crippen LogP contribution in [0.15, 0.2) is 39.2 Å². The molecule has 126 valence electrons. The van der Waals surface area contributed by atoms with Crippen LogP contribution >= 0.6 is 35.3 Å². The third-order valence-electron chi connectivity index (χ3n) is 3.69. The molecule has 0 saturated heterocycles. The molecule has 0 spiro atoms. The Morgan fingerprint density at radius 3 is 2.92 bits per heavy atom. The summed E-state index contributed by atoms with van der Waals surface area (Å²) in [4.78, 5) is 15.7. The third-order valence-corrected chi connectivity index (χ3v) is 6.04. The van der Waals surface area contributed by atoms with Crippen LogP contribution in [0, 0.1) is 5.92 Å². The van der Waals surface area contributed by atoms with Gasteiger partial charge in [-0.25, -0.2) is 0 Å². The number of methoxy groups -OCH3 is 1. The molecule has 2 atom stereocenters. The molecule has 0 saturated carbocycles. The van der Waals surface area contributed by atoms with Crippen molar-refractivity contribution in [1.82, 2.24) is 10.4 Å². The van der Waals surface area contributed by atoms with E-state index in [1.165, 1.54) is 11.3 Å². The van der Waals surface area contributed by atoms with E-state index in [2.05, 4.69) is 15.5 Å². The van der Waals surface area contributed by atoms with Gasteiger partial charge in [0.1, 0.15) is 5.75 Å². The van der Waals surface area contributed by atoms with E-state index in [0.717, 1.165) is 27.0 Å². The number of hydrogen-bond acceptors (Lipinski definition) is 6. The van der Waals surface area contributed by atoms with E-state index in [9.17, 15) is 4.79 Å². The first-order chi connectivity index (χ1) is 11.6. The maximum absolute atomic E-state index is 11.8. The molecular formula is C15H16N4O2S3. The summed E-state index contributed by atoms with van der Waals surface area (Å²) < 4.78 is 5.23. The Bertz CT molecular complexity index is 813. The Hall–Kier alpha value is -1.84. The molecule has 1 aromatic carbocycles. The molecule has 4 N–H and O–H groups in total. The average Bonchev–Trinajstić information content (AvgIpc) is 2.94. The van der Waals surface area contributed by atoms with E-state index < -0.39 is 0 Å². The van der Waals surface area contributed by atoms with Crippen molar-refractivity contribution in [3.05, 3.63) is 44.4 Å². The lowest BCUT2D eigenvalue weighted by molar-refractivity contribution is 0.414. The number of thioether (sulfide) groups is 1. The molecule has 0 aliphatic carbocycles. The van der Waals surface area contributed by atoms with E-state index in [1.54, 1.807) is 18.9 Å². The van der Waals surface area contributed by atoms with E-state index >= 15 is 0 Å². The van der Waals surface area contributed by atoms with Crippen LogP contribution in [0.25, 0.3) is 0 Å². The number of fused-ring (bicyclic) bond motifs is 1. The predicted octanol–water partition coefficient (Wildman–Crippen LogP) is 2.12. The summed E-state index contributed by atoms with van der Waals surface area (Å²) in [5.41, 5.74) is 9.11. The number of hydrogen-bond donors (Lipinski definition) is 3. The van der Waals surface area contributed by atoms with E-state index in [-0.39, 0.29) is 21.8 Å². The zero-order chi connectivity index (χ0) is 17.1. The van der Waals surface area contributed by atoms with Gasteiger partial charge in [0.2, 0.25) is 0 Å². The molecule has 6 nitrogen and oxygen atoms in total. The van der Waals surface area contributed by atoms with Crippen molar-refractivity contribution in [1.29, 1.82) is 0 Å². The number of hydrazone groups is 1. The zero-order valence-corrected chi connectivity index (χ0v) is 15.3. The second kappa shape index (κ2) is 7.37. The molecule has 0 radical (unpaired) electrons. The average molecular weight is 381 g/mol. The number of nitrogens with zero attached hydrogens (tertiary/aromatic N) is 1. The first-order valence-corrected chi connectivity index (χ1v) is 9.38. The fourth-order valence-electron chi connectivity index (χ4n) is 2.64. The standard InChI is InChI=1S/C15H16N4O2S3/c1-21-10-4-2-8(3-5-10)11-9(6-17-19-14(16)22)7-23-13-12(11)24-15(20)18-13/h2-6,9,11H,7H2,1H3,(H,18,20)(H3,16,19,22)/b17-6-/t9-,11-/m0/s1. The topological polar surface area (TPSA) is 92.5 Å². The van der Waals surface area contributed by atoms with Gasteiger partial charge in [-0.1, -0.05) is 23.5 Å². The normalized spacial score (nSPS) is 19.9. The molecule has 3 rings (SSSR count). The minimum absolute atomic E-state index is 0.0372. The molecule has 0 bridgehead atoms. The molecule has 9 heteroatoms. The van der Waals surface area contributed by atoms with E-state index in [1.807, 2.05) is 30.5 Å². The quantitative estimate of drug-likeness (QED) is 0.427. The molecule has 1 aromatic heterocycles. The van der Waals surface area contributed by atoms with Gasteiger partial charge < -0.3 is 15.5 Å². The van der Waals surface area contributed by atoms with E-state index in [0.29, 0.717) is 0 Å².